The first kappa shape index (κ1) is 8.81. The van der Waals surface area contributed by atoms with Gasteiger partial charge in [-0.25, -0.2) is 14.4 Å². The lowest BCUT2D eigenvalue weighted by atomic mass is 10.2. The summed E-state index contributed by atoms with van der Waals surface area (Å²) in [5, 5.41) is 0. The van der Waals surface area contributed by atoms with Gasteiger partial charge in [-0.05, 0) is 25.1 Å². The maximum absolute atomic E-state index is 13.3. The first-order valence-corrected chi connectivity index (χ1v) is 4.32. The van der Waals surface area contributed by atoms with E-state index in [0.717, 1.165) is 5.69 Å². The van der Waals surface area contributed by atoms with Gasteiger partial charge in [-0.15, -0.1) is 0 Å². The molecule has 70 valence electrons. The van der Waals surface area contributed by atoms with Gasteiger partial charge in [0.25, 0.3) is 0 Å². The molecule has 0 saturated heterocycles. The average molecular weight is 188 g/mol. The van der Waals surface area contributed by atoms with Crippen LogP contribution in [0.25, 0.3) is 11.4 Å². The van der Waals surface area contributed by atoms with Crippen molar-refractivity contribution < 1.29 is 4.39 Å². The molecule has 0 amide bonds. The molecule has 2 rings (SSSR count). The second-order valence-corrected chi connectivity index (χ2v) is 3.00. The molecule has 0 spiro atoms. The van der Waals surface area contributed by atoms with Crippen molar-refractivity contribution in [1.82, 2.24) is 9.97 Å². The molecule has 1 aromatic carbocycles. The molecular formula is C11H9FN2. The van der Waals surface area contributed by atoms with Crippen LogP contribution in [-0.4, -0.2) is 9.97 Å². The molecule has 2 nitrogen and oxygen atoms in total. The fourth-order valence-corrected chi connectivity index (χ4v) is 1.22. The number of halogens is 1. The molecular weight excluding hydrogens is 179 g/mol. The van der Waals surface area contributed by atoms with Crippen molar-refractivity contribution in [2.75, 3.05) is 0 Å². The van der Waals surface area contributed by atoms with E-state index in [2.05, 4.69) is 9.97 Å². The van der Waals surface area contributed by atoms with E-state index in [1.807, 2.05) is 6.92 Å². The number of benzene rings is 1. The predicted molar refractivity (Wildman–Crippen MR) is 52.2 cm³/mol. The second kappa shape index (κ2) is 3.54. The molecule has 3 heteroatoms. The van der Waals surface area contributed by atoms with E-state index >= 15 is 0 Å². The van der Waals surface area contributed by atoms with Gasteiger partial charge in [0.1, 0.15) is 5.82 Å². The van der Waals surface area contributed by atoms with Crippen LogP contribution in [0, 0.1) is 12.7 Å². The highest BCUT2D eigenvalue weighted by molar-refractivity contribution is 5.55. The van der Waals surface area contributed by atoms with Crippen molar-refractivity contribution in [2.45, 2.75) is 6.92 Å². The molecule has 0 radical (unpaired) electrons. The summed E-state index contributed by atoms with van der Waals surface area (Å²) in [4.78, 5) is 8.17. The van der Waals surface area contributed by atoms with E-state index < -0.39 is 0 Å². The van der Waals surface area contributed by atoms with Gasteiger partial charge in [0.15, 0.2) is 5.82 Å². The van der Waals surface area contributed by atoms with E-state index in [1.54, 1.807) is 30.5 Å². The minimum Gasteiger partial charge on any atom is -0.236 e. The molecule has 0 saturated carbocycles. The lowest BCUT2D eigenvalue weighted by molar-refractivity contribution is 0.630. The second-order valence-electron chi connectivity index (χ2n) is 3.00. The Morgan fingerprint density at radius 1 is 1.14 bits per heavy atom. The zero-order valence-corrected chi connectivity index (χ0v) is 7.74. The fourth-order valence-electron chi connectivity index (χ4n) is 1.22. The van der Waals surface area contributed by atoms with Crippen LogP contribution in [0.5, 0.6) is 0 Å². The number of aromatic nitrogens is 2. The third kappa shape index (κ3) is 1.62. The quantitative estimate of drug-likeness (QED) is 0.687. The minimum atomic E-state index is -0.293. The van der Waals surface area contributed by atoms with Gasteiger partial charge >= 0.3 is 0 Å². The van der Waals surface area contributed by atoms with Crippen LogP contribution in [0.4, 0.5) is 4.39 Å². The van der Waals surface area contributed by atoms with E-state index in [-0.39, 0.29) is 5.82 Å². The molecule has 0 bridgehead atoms. The molecule has 14 heavy (non-hydrogen) atoms. The summed E-state index contributed by atoms with van der Waals surface area (Å²) >= 11 is 0. The number of hydrogen-bond donors (Lipinski definition) is 0. The molecule has 1 aromatic heterocycles. The lowest BCUT2D eigenvalue weighted by Crippen LogP contribution is -1.92. The Bertz CT molecular complexity index is 455. The van der Waals surface area contributed by atoms with Crippen LogP contribution in [0.2, 0.25) is 0 Å². The average Bonchev–Trinajstić information content (AvgIpc) is 2.18. The Morgan fingerprint density at radius 2 is 1.93 bits per heavy atom. The van der Waals surface area contributed by atoms with Crippen molar-refractivity contribution in [3.05, 3.63) is 48.0 Å². The van der Waals surface area contributed by atoms with Gasteiger partial charge < -0.3 is 0 Å². The molecule has 0 aliphatic carbocycles. The predicted octanol–water partition coefficient (Wildman–Crippen LogP) is 2.59. The van der Waals surface area contributed by atoms with Gasteiger partial charge in [0.2, 0.25) is 0 Å². The first-order chi connectivity index (χ1) is 6.77. The lowest BCUT2D eigenvalue weighted by Gasteiger charge is -2.01. The highest BCUT2D eigenvalue weighted by atomic mass is 19.1. The van der Waals surface area contributed by atoms with Crippen molar-refractivity contribution in [2.24, 2.45) is 0 Å². The summed E-state index contributed by atoms with van der Waals surface area (Å²) < 4.78 is 13.3. The molecule has 0 aliphatic heterocycles. The monoisotopic (exact) mass is 188 g/mol. The third-order valence-corrected chi connectivity index (χ3v) is 1.91. The molecule has 0 atom stereocenters. The Balaban J connectivity index is 2.55. The third-order valence-electron chi connectivity index (χ3n) is 1.91. The Hall–Kier alpha value is -1.77. The SMILES string of the molecule is Cc1ccnc(-c2ccccc2F)n1. The van der Waals surface area contributed by atoms with Gasteiger partial charge in [-0.2, -0.15) is 0 Å². The minimum absolute atomic E-state index is 0.293. The number of aryl methyl sites for hydroxylation is 1. The van der Waals surface area contributed by atoms with E-state index in [0.29, 0.717) is 11.4 Å². The van der Waals surface area contributed by atoms with Crippen LogP contribution in [-0.2, 0) is 0 Å². The Kier molecular flexibility index (Phi) is 2.23. The number of hydrogen-bond acceptors (Lipinski definition) is 2. The van der Waals surface area contributed by atoms with E-state index in [4.69, 9.17) is 0 Å². The maximum atomic E-state index is 13.3. The normalized spacial score (nSPS) is 10.1. The molecule has 0 fully saturated rings. The smallest absolute Gasteiger partial charge is 0.162 e. The zero-order valence-electron chi connectivity index (χ0n) is 7.74. The summed E-state index contributed by atoms with van der Waals surface area (Å²) in [6, 6.07) is 8.27. The van der Waals surface area contributed by atoms with Crippen LogP contribution in [0.15, 0.2) is 36.5 Å². The standard InChI is InChI=1S/C11H9FN2/c1-8-6-7-13-11(14-8)9-4-2-3-5-10(9)12/h2-7H,1H3. The number of rotatable bonds is 1. The summed E-state index contributed by atoms with van der Waals surface area (Å²) in [5.41, 5.74) is 1.27. The Labute approximate surface area is 81.5 Å². The summed E-state index contributed by atoms with van der Waals surface area (Å²) in [6.07, 6.45) is 1.63. The summed E-state index contributed by atoms with van der Waals surface area (Å²) in [6.45, 7) is 1.85. The summed E-state index contributed by atoms with van der Waals surface area (Å²) in [5.74, 6) is 0.140. The topological polar surface area (TPSA) is 25.8 Å². The fraction of sp³-hybridized carbons (Fsp3) is 0.0909. The van der Waals surface area contributed by atoms with E-state index in [1.165, 1.54) is 6.07 Å². The van der Waals surface area contributed by atoms with Gasteiger partial charge in [-0.3, -0.25) is 0 Å². The van der Waals surface area contributed by atoms with Crippen molar-refractivity contribution in [3.8, 4) is 11.4 Å². The molecule has 0 aliphatic rings. The van der Waals surface area contributed by atoms with Crippen molar-refractivity contribution in [1.29, 1.82) is 0 Å². The van der Waals surface area contributed by atoms with Gasteiger partial charge in [0.05, 0.1) is 5.56 Å². The van der Waals surface area contributed by atoms with E-state index in [9.17, 15) is 4.39 Å². The molecule has 1 heterocycles. The largest absolute Gasteiger partial charge is 0.236 e. The highest BCUT2D eigenvalue weighted by Crippen LogP contribution is 2.17. The summed E-state index contributed by atoms with van der Waals surface area (Å²) in [7, 11) is 0. The molecule has 0 unspecified atom stereocenters. The maximum Gasteiger partial charge on any atom is 0.162 e. The van der Waals surface area contributed by atoms with Crippen LogP contribution >= 0.6 is 0 Å². The van der Waals surface area contributed by atoms with Crippen LogP contribution < -0.4 is 0 Å². The zero-order chi connectivity index (χ0) is 9.97. The first-order valence-electron chi connectivity index (χ1n) is 4.32. The molecule has 2 aromatic rings. The van der Waals surface area contributed by atoms with Crippen molar-refractivity contribution in [3.63, 3.8) is 0 Å². The van der Waals surface area contributed by atoms with Crippen molar-refractivity contribution >= 4 is 0 Å². The Morgan fingerprint density at radius 3 is 2.64 bits per heavy atom. The van der Waals surface area contributed by atoms with Gasteiger partial charge in [-0.1, -0.05) is 12.1 Å². The highest BCUT2D eigenvalue weighted by Gasteiger charge is 2.05. The van der Waals surface area contributed by atoms with Gasteiger partial charge in [0, 0.05) is 11.9 Å². The number of nitrogens with zero attached hydrogens (tertiary/aromatic N) is 2. The molecule has 0 N–H and O–H groups in total. The van der Waals surface area contributed by atoms with Crippen LogP contribution in [0.3, 0.4) is 0 Å². The van der Waals surface area contributed by atoms with Crippen LogP contribution in [0.1, 0.15) is 5.69 Å².